The van der Waals surface area contributed by atoms with E-state index in [1.165, 1.54) is 19.4 Å². The van der Waals surface area contributed by atoms with Crippen molar-refractivity contribution in [2.45, 2.75) is 13.2 Å². The molecule has 0 saturated heterocycles. The third-order valence-electron chi connectivity index (χ3n) is 5.38. The van der Waals surface area contributed by atoms with Crippen LogP contribution in [0.4, 0.5) is 4.39 Å². The van der Waals surface area contributed by atoms with Crippen molar-refractivity contribution >= 4 is 23.7 Å². The molecule has 188 valence electrons. The Hall–Kier alpha value is -4.36. The van der Waals surface area contributed by atoms with Crippen molar-refractivity contribution in [1.82, 2.24) is 5.43 Å². The van der Waals surface area contributed by atoms with Gasteiger partial charge in [0.05, 0.1) is 18.9 Å². The van der Waals surface area contributed by atoms with E-state index in [0.29, 0.717) is 39.0 Å². The van der Waals surface area contributed by atoms with Gasteiger partial charge in [0.25, 0.3) is 5.91 Å². The van der Waals surface area contributed by atoms with Crippen molar-refractivity contribution in [3.63, 3.8) is 0 Å². The van der Waals surface area contributed by atoms with Crippen LogP contribution in [0.15, 0.2) is 96.1 Å². The van der Waals surface area contributed by atoms with Crippen molar-refractivity contribution in [1.29, 1.82) is 0 Å². The molecule has 4 aromatic carbocycles. The van der Waals surface area contributed by atoms with Gasteiger partial charge < -0.3 is 14.2 Å². The molecule has 0 radical (unpaired) electrons. The summed E-state index contributed by atoms with van der Waals surface area (Å²) in [6, 6.07) is 25.8. The maximum Gasteiger partial charge on any atom is 0.275 e. The van der Waals surface area contributed by atoms with E-state index in [1.54, 1.807) is 66.7 Å². The molecule has 0 atom stereocenters. The number of nitrogens with zero attached hydrogens (tertiary/aromatic N) is 1. The van der Waals surface area contributed by atoms with E-state index in [0.717, 1.165) is 5.56 Å². The van der Waals surface area contributed by atoms with Crippen LogP contribution < -0.4 is 19.6 Å². The van der Waals surface area contributed by atoms with Crippen LogP contribution in [0.2, 0.25) is 5.02 Å². The number of ether oxygens (including phenoxy) is 3. The average molecular weight is 519 g/mol. The zero-order valence-electron chi connectivity index (χ0n) is 20.0. The van der Waals surface area contributed by atoms with E-state index in [-0.39, 0.29) is 19.0 Å². The molecule has 0 bridgehead atoms. The Morgan fingerprint density at radius 3 is 2.32 bits per heavy atom. The second-order valence-electron chi connectivity index (χ2n) is 7.87. The van der Waals surface area contributed by atoms with Gasteiger partial charge in [-0.05, 0) is 48.0 Å². The fourth-order valence-electron chi connectivity index (χ4n) is 3.43. The van der Waals surface area contributed by atoms with Gasteiger partial charge in [-0.2, -0.15) is 5.10 Å². The lowest BCUT2D eigenvalue weighted by atomic mass is 10.2. The number of nitrogens with one attached hydrogen (secondary N) is 1. The summed E-state index contributed by atoms with van der Waals surface area (Å²) >= 11 is 6.19. The Bertz CT molecular complexity index is 1410. The largest absolute Gasteiger partial charge is 0.493 e. The SMILES string of the molecule is COc1cc(/C=N/NC(=O)c2ccccc2OCc2ccccc2Cl)ccc1OCc1ccccc1F. The van der Waals surface area contributed by atoms with E-state index in [4.69, 9.17) is 25.8 Å². The van der Waals surface area contributed by atoms with Crippen LogP contribution in [0.3, 0.4) is 0 Å². The molecule has 4 rings (SSSR count). The van der Waals surface area contributed by atoms with Gasteiger partial charge in [0, 0.05) is 16.1 Å². The molecule has 6 nitrogen and oxygen atoms in total. The van der Waals surface area contributed by atoms with Gasteiger partial charge in [-0.1, -0.05) is 60.1 Å². The smallest absolute Gasteiger partial charge is 0.275 e. The summed E-state index contributed by atoms with van der Waals surface area (Å²) in [6.45, 7) is 0.281. The number of carbonyl (C=O) groups excluding carboxylic acids is 1. The lowest BCUT2D eigenvalue weighted by molar-refractivity contribution is 0.0950. The van der Waals surface area contributed by atoms with Crippen molar-refractivity contribution < 1.29 is 23.4 Å². The maximum atomic E-state index is 13.9. The minimum atomic E-state index is -0.428. The lowest BCUT2D eigenvalue weighted by Gasteiger charge is -2.12. The van der Waals surface area contributed by atoms with E-state index in [1.807, 2.05) is 18.2 Å². The highest BCUT2D eigenvalue weighted by Crippen LogP contribution is 2.29. The zero-order valence-corrected chi connectivity index (χ0v) is 20.7. The molecule has 0 unspecified atom stereocenters. The second-order valence-corrected chi connectivity index (χ2v) is 8.27. The van der Waals surface area contributed by atoms with Crippen LogP contribution >= 0.6 is 11.6 Å². The number of halogens is 2. The van der Waals surface area contributed by atoms with E-state index >= 15 is 0 Å². The first-order valence-corrected chi connectivity index (χ1v) is 11.8. The van der Waals surface area contributed by atoms with Gasteiger partial charge >= 0.3 is 0 Å². The van der Waals surface area contributed by atoms with Crippen LogP contribution in [0.5, 0.6) is 17.2 Å². The minimum Gasteiger partial charge on any atom is -0.493 e. The number of hydrogen-bond donors (Lipinski definition) is 1. The molecule has 0 heterocycles. The highest BCUT2D eigenvalue weighted by atomic mass is 35.5. The lowest BCUT2D eigenvalue weighted by Crippen LogP contribution is -2.18. The minimum absolute atomic E-state index is 0.0600. The van der Waals surface area contributed by atoms with Gasteiger partial charge in [0.15, 0.2) is 11.5 Å². The molecule has 0 fully saturated rings. The first kappa shape index (κ1) is 25.7. The van der Waals surface area contributed by atoms with Crippen LogP contribution in [0.25, 0.3) is 0 Å². The van der Waals surface area contributed by atoms with Gasteiger partial charge in [-0.15, -0.1) is 0 Å². The number of carbonyl (C=O) groups is 1. The van der Waals surface area contributed by atoms with E-state index < -0.39 is 5.91 Å². The average Bonchev–Trinajstić information content (AvgIpc) is 2.92. The van der Waals surface area contributed by atoms with E-state index in [2.05, 4.69) is 10.5 Å². The molecule has 1 N–H and O–H groups in total. The number of para-hydroxylation sites is 1. The van der Waals surface area contributed by atoms with Crippen molar-refractivity contribution in [3.05, 3.63) is 124 Å². The topological polar surface area (TPSA) is 69.2 Å². The number of benzene rings is 4. The summed E-state index contributed by atoms with van der Waals surface area (Å²) in [5.41, 5.74) is 4.76. The van der Waals surface area contributed by atoms with Gasteiger partial charge in [0.2, 0.25) is 0 Å². The zero-order chi connectivity index (χ0) is 26.0. The fourth-order valence-corrected chi connectivity index (χ4v) is 3.62. The normalized spacial score (nSPS) is 10.8. The quantitative estimate of drug-likeness (QED) is 0.194. The first-order valence-electron chi connectivity index (χ1n) is 11.4. The van der Waals surface area contributed by atoms with Gasteiger partial charge in [-0.3, -0.25) is 4.79 Å². The molecule has 4 aromatic rings. The molecule has 8 heteroatoms. The summed E-state index contributed by atoms with van der Waals surface area (Å²) < 4.78 is 30.8. The van der Waals surface area contributed by atoms with Gasteiger partial charge in [-0.25, -0.2) is 9.82 Å². The monoisotopic (exact) mass is 518 g/mol. The number of rotatable bonds is 10. The Balaban J connectivity index is 1.38. The van der Waals surface area contributed by atoms with Crippen molar-refractivity contribution in [2.75, 3.05) is 7.11 Å². The number of amides is 1. The first-order chi connectivity index (χ1) is 18.0. The highest BCUT2D eigenvalue weighted by Gasteiger charge is 2.12. The fraction of sp³-hybridized carbons (Fsp3) is 0.103. The van der Waals surface area contributed by atoms with Crippen molar-refractivity contribution in [2.24, 2.45) is 5.10 Å². The molecule has 1 amide bonds. The molecular weight excluding hydrogens is 495 g/mol. The molecule has 0 aliphatic rings. The Morgan fingerprint density at radius 1 is 0.865 bits per heavy atom. The molecule has 0 aliphatic carbocycles. The van der Waals surface area contributed by atoms with Crippen LogP contribution in [0, 0.1) is 5.82 Å². The molecular formula is C29H24ClFN2O4. The Labute approximate surface area is 219 Å². The predicted octanol–water partition coefficient (Wildman–Crippen LogP) is 6.41. The summed E-state index contributed by atoms with van der Waals surface area (Å²) in [6.07, 6.45) is 1.48. The third-order valence-corrected chi connectivity index (χ3v) is 5.75. The second kappa shape index (κ2) is 12.6. The third kappa shape index (κ3) is 6.86. The number of hydrazone groups is 1. The highest BCUT2D eigenvalue weighted by molar-refractivity contribution is 6.31. The van der Waals surface area contributed by atoms with Crippen molar-refractivity contribution in [3.8, 4) is 17.2 Å². The Kier molecular flexibility index (Phi) is 8.73. The predicted molar refractivity (Wildman–Crippen MR) is 141 cm³/mol. The summed E-state index contributed by atoms with van der Waals surface area (Å²) in [5.74, 6) is 0.550. The maximum absolute atomic E-state index is 13.9. The van der Waals surface area contributed by atoms with Gasteiger partial charge in [0.1, 0.15) is 24.8 Å². The van der Waals surface area contributed by atoms with E-state index in [9.17, 15) is 9.18 Å². The van der Waals surface area contributed by atoms with Crippen LogP contribution in [-0.2, 0) is 13.2 Å². The molecule has 0 spiro atoms. The summed E-state index contributed by atoms with van der Waals surface area (Å²) in [5, 5.41) is 4.65. The summed E-state index contributed by atoms with van der Waals surface area (Å²) in [7, 11) is 1.51. The molecule has 37 heavy (non-hydrogen) atoms. The molecule has 0 aromatic heterocycles. The molecule has 0 saturated carbocycles. The number of hydrogen-bond acceptors (Lipinski definition) is 5. The standard InChI is InChI=1S/C29H24ClFN2O4/c1-35-28-16-20(14-15-27(28)37-19-22-9-3-6-12-25(22)31)17-32-33-29(34)23-10-4-7-13-26(23)36-18-21-8-2-5-11-24(21)30/h2-17H,18-19H2,1H3,(H,33,34)/b32-17+. The van der Waals surface area contributed by atoms with Crippen LogP contribution in [-0.4, -0.2) is 19.2 Å². The van der Waals surface area contributed by atoms with Crippen LogP contribution in [0.1, 0.15) is 27.0 Å². The summed E-state index contributed by atoms with van der Waals surface area (Å²) in [4.78, 5) is 12.8. The molecule has 0 aliphatic heterocycles. The number of methoxy groups -OCH3 is 1. The Morgan fingerprint density at radius 2 is 1.54 bits per heavy atom.